The van der Waals surface area contributed by atoms with Crippen LogP contribution in [-0.4, -0.2) is 21.2 Å². The average Bonchev–Trinajstić information content (AvgIpc) is 3.10. The van der Waals surface area contributed by atoms with Crippen LogP contribution in [0.25, 0.3) is 20.4 Å². The zero-order valence-corrected chi connectivity index (χ0v) is 16.0. The maximum atomic E-state index is 5.52. The lowest BCUT2D eigenvalue weighted by atomic mass is 9.99. The molecular formula is C17H19N3S3. The first-order valence-corrected chi connectivity index (χ1v) is 10.4. The van der Waals surface area contributed by atoms with Crippen LogP contribution in [0.2, 0.25) is 0 Å². The van der Waals surface area contributed by atoms with Crippen LogP contribution in [0.5, 0.6) is 0 Å². The van der Waals surface area contributed by atoms with Gasteiger partial charge in [0.1, 0.15) is 9.47 Å². The number of pyridine rings is 1. The predicted octanol–water partition coefficient (Wildman–Crippen LogP) is 5.31. The fourth-order valence-electron chi connectivity index (χ4n) is 3.51. The van der Waals surface area contributed by atoms with Crippen molar-refractivity contribution in [1.29, 1.82) is 0 Å². The highest BCUT2D eigenvalue weighted by Gasteiger charge is 2.23. The fourth-order valence-corrected chi connectivity index (χ4v) is 5.33. The molecule has 1 aliphatic carbocycles. The minimum absolute atomic E-state index is 0.630. The number of hydrogen-bond acceptors (Lipinski definition) is 5. The molecule has 120 valence electrons. The van der Waals surface area contributed by atoms with E-state index in [4.69, 9.17) is 17.2 Å². The molecule has 3 aromatic heterocycles. The van der Waals surface area contributed by atoms with Gasteiger partial charge in [0.2, 0.25) is 0 Å². The maximum absolute atomic E-state index is 5.52. The average molecular weight is 362 g/mol. The van der Waals surface area contributed by atoms with E-state index < -0.39 is 0 Å². The number of rotatable bonds is 3. The van der Waals surface area contributed by atoms with E-state index >= 15 is 0 Å². The highest BCUT2D eigenvalue weighted by molar-refractivity contribution is 7.98. The first kappa shape index (κ1) is 15.5. The summed E-state index contributed by atoms with van der Waals surface area (Å²) in [5, 5.41) is 2.19. The van der Waals surface area contributed by atoms with Gasteiger partial charge in [0, 0.05) is 11.1 Å². The van der Waals surface area contributed by atoms with Crippen LogP contribution in [0.15, 0.2) is 5.16 Å². The van der Waals surface area contributed by atoms with Crippen molar-refractivity contribution >= 4 is 55.7 Å². The van der Waals surface area contributed by atoms with Gasteiger partial charge in [-0.15, -0.1) is 11.3 Å². The molecule has 0 saturated carbocycles. The zero-order chi connectivity index (χ0) is 16.1. The number of aromatic amines is 1. The van der Waals surface area contributed by atoms with Gasteiger partial charge >= 0.3 is 0 Å². The van der Waals surface area contributed by atoms with Gasteiger partial charge in [-0.25, -0.2) is 9.97 Å². The Hall–Kier alpha value is -0.980. The van der Waals surface area contributed by atoms with Crippen molar-refractivity contribution in [1.82, 2.24) is 15.0 Å². The second-order valence-electron chi connectivity index (χ2n) is 6.50. The summed E-state index contributed by atoms with van der Waals surface area (Å²) < 4.78 is 1.78. The first-order chi connectivity index (χ1) is 11.1. The maximum Gasteiger partial charge on any atom is 0.167 e. The van der Waals surface area contributed by atoms with Gasteiger partial charge in [-0.3, -0.25) is 0 Å². The van der Waals surface area contributed by atoms with Crippen molar-refractivity contribution in [3.05, 3.63) is 21.5 Å². The van der Waals surface area contributed by atoms with Gasteiger partial charge < -0.3 is 4.98 Å². The summed E-state index contributed by atoms with van der Waals surface area (Å²) >= 11 is 8.82. The second-order valence-corrected chi connectivity index (χ2v) is 8.69. The number of thioether (sulfide) groups is 1. The number of nitrogens with zero attached hydrogens (tertiary/aromatic N) is 2. The number of aromatic nitrogens is 3. The standard InChI is InChI=1S/C17H19N3S3/c1-8(2)7-11-9-5-4-6-10(9)12-13-14(23-16(12)18-11)15(21)20-17(19-13)22-3/h8H,4-7H2,1-3H3,(H,19,20,21). The van der Waals surface area contributed by atoms with E-state index in [1.165, 1.54) is 35.0 Å². The molecule has 0 bridgehead atoms. The second kappa shape index (κ2) is 5.83. The zero-order valence-electron chi connectivity index (χ0n) is 13.5. The van der Waals surface area contributed by atoms with Gasteiger partial charge in [-0.05, 0) is 49.0 Å². The highest BCUT2D eigenvalue weighted by Crippen LogP contribution is 2.40. The van der Waals surface area contributed by atoms with E-state index in [2.05, 4.69) is 23.8 Å². The molecule has 6 heteroatoms. The number of thiophene rings is 1. The molecule has 3 heterocycles. The largest absolute Gasteiger partial charge is 0.333 e. The molecule has 4 rings (SSSR count). The van der Waals surface area contributed by atoms with Crippen LogP contribution in [0.4, 0.5) is 0 Å². The summed E-state index contributed by atoms with van der Waals surface area (Å²) in [6.45, 7) is 4.53. The Labute approximate surface area is 148 Å². The van der Waals surface area contributed by atoms with Gasteiger partial charge in [0.25, 0.3) is 0 Å². The normalized spacial score (nSPS) is 14.3. The molecular weight excluding hydrogens is 342 g/mol. The van der Waals surface area contributed by atoms with Gasteiger partial charge in [0.15, 0.2) is 5.16 Å². The molecule has 0 aliphatic heterocycles. The summed E-state index contributed by atoms with van der Waals surface area (Å²) in [7, 11) is 0. The molecule has 1 N–H and O–H groups in total. The van der Waals surface area contributed by atoms with Crippen LogP contribution in [0.1, 0.15) is 37.1 Å². The molecule has 0 fully saturated rings. The molecule has 3 aromatic rings. The Balaban J connectivity index is 2.10. The van der Waals surface area contributed by atoms with Crippen molar-refractivity contribution in [2.45, 2.75) is 44.7 Å². The lowest BCUT2D eigenvalue weighted by Crippen LogP contribution is -2.03. The Bertz CT molecular complexity index is 969. The predicted molar refractivity (Wildman–Crippen MR) is 102 cm³/mol. The molecule has 0 radical (unpaired) electrons. The van der Waals surface area contributed by atoms with E-state index in [0.717, 1.165) is 33.0 Å². The molecule has 0 aromatic carbocycles. The summed E-state index contributed by atoms with van der Waals surface area (Å²) in [4.78, 5) is 14.1. The summed E-state index contributed by atoms with van der Waals surface area (Å²) in [5.74, 6) is 0.630. The topological polar surface area (TPSA) is 41.6 Å². The van der Waals surface area contributed by atoms with Crippen molar-refractivity contribution in [3.63, 3.8) is 0 Å². The Morgan fingerprint density at radius 3 is 2.78 bits per heavy atom. The Morgan fingerprint density at radius 1 is 1.26 bits per heavy atom. The highest BCUT2D eigenvalue weighted by atomic mass is 32.2. The van der Waals surface area contributed by atoms with E-state index in [0.29, 0.717) is 10.6 Å². The van der Waals surface area contributed by atoms with Crippen molar-refractivity contribution in [2.75, 3.05) is 6.26 Å². The lowest BCUT2D eigenvalue weighted by molar-refractivity contribution is 0.632. The van der Waals surface area contributed by atoms with Gasteiger partial charge in [-0.1, -0.05) is 37.8 Å². The lowest BCUT2D eigenvalue weighted by Gasteiger charge is -2.11. The third-order valence-electron chi connectivity index (χ3n) is 4.42. The minimum atomic E-state index is 0.630. The quantitative estimate of drug-likeness (QED) is 0.390. The number of H-pyrrole nitrogens is 1. The molecule has 0 amide bonds. The van der Waals surface area contributed by atoms with E-state index in [1.807, 2.05) is 6.26 Å². The minimum Gasteiger partial charge on any atom is -0.333 e. The molecule has 0 atom stereocenters. The molecule has 0 unspecified atom stereocenters. The summed E-state index contributed by atoms with van der Waals surface area (Å²) in [6.07, 6.45) is 6.64. The number of fused-ring (bicyclic) bond motifs is 5. The van der Waals surface area contributed by atoms with Crippen LogP contribution in [-0.2, 0) is 19.3 Å². The molecule has 3 nitrogen and oxygen atoms in total. The third kappa shape index (κ3) is 2.51. The van der Waals surface area contributed by atoms with Crippen LogP contribution >= 0.6 is 35.3 Å². The Kier molecular flexibility index (Phi) is 3.94. The summed E-state index contributed by atoms with van der Waals surface area (Å²) in [6, 6.07) is 0. The number of aryl methyl sites for hydroxylation is 1. The van der Waals surface area contributed by atoms with Crippen molar-refractivity contribution < 1.29 is 0 Å². The molecule has 0 saturated heterocycles. The van der Waals surface area contributed by atoms with Crippen LogP contribution in [0.3, 0.4) is 0 Å². The van der Waals surface area contributed by atoms with E-state index in [1.54, 1.807) is 23.1 Å². The number of hydrogen-bond donors (Lipinski definition) is 1. The first-order valence-electron chi connectivity index (χ1n) is 7.99. The summed E-state index contributed by atoms with van der Waals surface area (Å²) in [5.41, 5.74) is 5.44. The van der Waals surface area contributed by atoms with Gasteiger partial charge in [0.05, 0.1) is 10.2 Å². The molecule has 0 spiro atoms. The van der Waals surface area contributed by atoms with Crippen molar-refractivity contribution in [3.8, 4) is 0 Å². The third-order valence-corrected chi connectivity index (χ3v) is 6.51. The van der Waals surface area contributed by atoms with Crippen molar-refractivity contribution in [2.24, 2.45) is 5.92 Å². The fraction of sp³-hybridized carbons (Fsp3) is 0.471. The molecule has 1 aliphatic rings. The SMILES string of the molecule is CSc1nc(=S)c2sc3nc(CC(C)C)c4c(c3c2[nH]1)CCC4. The number of nitrogens with one attached hydrogen (secondary N) is 1. The van der Waals surface area contributed by atoms with E-state index in [9.17, 15) is 0 Å². The Morgan fingerprint density at radius 2 is 2.04 bits per heavy atom. The van der Waals surface area contributed by atoms with E-state index in [-0.39, 0.29) is 0 Å². The monoisotopic (exact) mass is 361 g/mol. The molecule has 23 heavy (non-hydrogen) atoms. The van der Waals surface area contributed by atoms with Crippen LogP contribution in [0, 0.1) is 10.6 Å². The van der Waals surface area contributed by atoms with Gasteiger partial charge in [-0.2, -0.15) is 0 Å². The smallest absolute Gasteiger partial charge is 0.167 e. The van der Waals surface area contributed by atoms with Crippen LogP contribution < -0.4 is 0 Å².